The summed E-state index contributed by atoms with van der Waals surface area (Å²) < 4.78 is 0. The van der Waals surface area contributed by atoms with E-state index in [2.05, 4.69) is 6.08 Å². The fourth-order valence-corrected chi connectivity index (χ4v) is 1.50. The van der Waals surface area contributed by atoms with Crippen LogP contribution in [0.3, 0.4) is 0 Å². The third-order valence-electron chi connectivity index (χ3n) is 2.11. The van der Waals surface area contributed by atoms with Gasteiger partial charge in [0.2, 0.25) is 0 Å². The first-order valence-corrected chi connectivity index (χ1v) is 3.79. The molecule has 0 aromatic heterocycles. The van der Waals surface area contributed by atoms with Crippen LogP contribution in [-0.2, 0) is 0 Å². The first-order chi connectivity index (χ1) is 4.88. The second-order valence-electron chi connectivity index (χ2n) is 2.72. The summed E-state index contributed by atoms with van der Waals surface area (Å²) >= 11 is 0. The predicted octanol–water partition coefficient (Wildman–Crippen LogP) is 0.698. The Labute approximate surface area is 61.2 Å². The highest BCUT2D eigenvalue weighted by molar-refractivity contribution is 5.12. The van der Waals surface area contributed by atoms with Crippen molar-refractivity contribution in [1.29, 1.82) is 0 Å². The molecule has 10 heavy (non-hydrogen) atoms. The Morgan fingerprint density at radius 2 is 2.30 bits per heavy atom. The van der Waals surface area contributed by atoms with Crippen molar-refractivity contribution in [2.24, 2.45) is 5.92 Å². The topological polar surface area (TPSA) is 40.5 Å². The van der Waals surface area contributed by atoms with Gasteiger partial charge in [0.15, 0.2) is 0 Å². The first-order valence-electron chi connectivity index (χ1n) is 3.79. The fourth-order valence-electron chi connectivity index (χ4n) is 1.50. The minimum absolute atomic E-state index is 0.171. The number of aliphatic hydroxyl groups excluding tert-OH is 2. The molecule has 1 aliphatic carbocycles. The minimum atomic E-state index is 0.171. The molecular weight excluding hydrogens is 128 g/mol. The van der Waals surface area contributed by atoms with Gasteiger partial charge in [0, 0.05) is 6.61 Å². The Bertz CT molecular complexity index is 129. The lowest BCUT2D eigenvalue weighted by Gasteiger charge is -2.09. The zero-order valence-electron chi connectivity index (χ0n) is 6.08. The SMILES string of the molecule is OCC[C@H]1CCC=C1CO. The molecule has 1 atom stereocenters. The van der Waals surface area contributed by atoms with E-state index >= 15 is 0 Å². The summed E-state index contributed by atoms with van der Waals surface area (Å²) in [6.07, 6.45) is 5.07. The van der Waals surface area contributed by atoms with Crippen molar-refractivity contribution in [3.05, 3.63) is 11.6 Å². The third-order valence-corrected chi connectivity index (χ3v) is 2.11. The summed E-state index contributed by atoms with van der Waals surface area (Å²) in [5.41, 5.74) is 1.12. The highest BCUT2D eigenvalue weighted by Gasteiger charge is 2.16. The number of rotatable bonds is 3. The maximum atomic E-state index is 8.81. The Morgan fingerprint density at radius 3 is 2.90 bits per heavy atom. The van der Waals surface area contributed by atoms with Crippen molar-refractivity contribution >= 4 is 0 Å². The highest BCUT2D eigenvalue weighted by atomic mass is 16.3. The van der Waals surface area contributed by atoms with Crippen LogP contribution in [0.2, 0.25) is 0 Å². The van der Waals surface area contributed by atoms with Crippen LogP contribution in [0.5, 0.6) is 0 Å². The largest absolute Gasteiger partial charge is 0.396 e. The summed E-state index contributed by atoms with van der Waals surface area (Å²) in [6.45, 7) is 0.409. The van der Waals surface area contributed by atoms with Gasteiger partial charge in [0.05, 0.1) is 6.61 Å². The smallest absolute Gasteiger partial charge is 0.0644 e. The summed E-state index contributed by atoms with van der Waals surface area (Å²) in [6, 6.07) is 0. The molecule has 2 N–H and O–H groups in total. The molecular formula is C8H14O2. The van der Waals surface area contributed by atoms with Crippen LogP contribution >= 0.6 is 0 Å². The molecule has 0 saturated carbocycles. The second-order valence-corrected chi connectivity index (χ2v) is 2.72. The zero-order chi connectivity index (χ0) is 7.40. The van der Waals surface area contributed by atoms with Crippen molar-refractivity contribution in [1.82, 2.24) is 0 Å². The van der Waals surface area contributed by atoms with Gasteiger partial charge in [0.1, 0.15) is 0 Å². The van der Waals surface area contributed by atoms with E-state index in [0.717, 1.165) is 24.8 Å². The van der Waals surface area contributed by atoms with Gasteiger partial charge in [0.25, 0.3) is 0 Å². The van der Waals surface area contributed by atoms with Gasteiger partial charge in [-0.1, -0.05) is 6.08 Å². The van der Waals surface area contributed by atoms with Gasteiger partial charge in [-0.05, 0) is 30.8 Å². The Morgan fingerprint density at radius 1 is 1.50 bits per heavy atom. The van der Waals surface area contributed by atoms with E-state index < -0.39 is 0 Å². The van der Waals surface area contributed by atoms with Crippen LogP contribution in [0.1, 0.15) is 19.3 Å². The molecule has 2 nitrogen and oxygen atoms in total. The number of aliphatic hydroxyl groups is 2. The van der Waals surface area contributed by atoms with Crippen molar-refractivity contribution in [2.75, 3.05) is 13.2 Å². The van der Waals surface area contributed by atoms with Gasteiger partial charge in [-0.15, -0.1) is 0 Å². The van der Waals surface area contributed by atoms with Crippen LogP contribution < -0.4 is 0 Å². The zero-order valence-corrected chi connectivity index (χ0v) is 6.08. The molecule has 0 saturated heterocycles. The molecule has 0 unspecified atom stereocenters. The molecule has 0 radical (unpaired) electrons. The van der Waals surface area contributed by atoms with Gasteiger partial charge in [-0.2, -0.15) is 0 Å². The normalized spacial score (nSPS) is 25.0. The molecule has 0 aromatic carbocycles. The average Bonchev–Trinajstić information content (AvgIpc) is 2.36. The van der Waals surface area contributed by atoms with E-state index in [1.807, 2.05) is 0 Å². The van der Waals surface area contributed by atoms with Crippen molar-refractivity contribution in [3.63, 3.8) is 0 Å². The van der Waals surface area contributed by atoms with E-state index in [-0.39, 0.29) is 13.2 Å². The molecule has 0 aromatic rings. The van der Waals surface area contributed by atoms with Crippen LogP contribution in [-0.4, -0.2) is 23.4 Å². The van der Waals surface area contributed by atoms with Crippen LogP contribution in [0.15, 0.2) is 11.6 Å². The molecule has 0 aliphatic heterocycles. The lowest BCUT2D eigenvalue weighted by Crippen LogP contribution is -2.04. The van der Waals surface area contributed by atoms with Gasteiger partial charge < -0.3 is 10.2 Å². The molecule has 2 heteroatoms. The highest BCUT2D eigenvalue weighted by Crippen LogP contribution is 2.27. The standard InChI is InChI=1S/C8H14O2/c9-5-4-7-2-1-3-8(7)6-10/h3,7,9-10H,1-2,4-6H2/t7-/m1/s1. The lowest BCUT2D eigenvalue weighted by atomic mass is 9.99. The summed E-state index contributed by atoms with van der Waals surface area (Å²) in [5.74, 6) is 0.454. The maximum absolute atomic E-state index is 8.81. The molecule has 0 fully saturated rings. The van der Waals surface area contributed by atoms with Crippen LogP contribution in [0.25, 0.3) is 0 Å². The van der Waals surface area contributed by atoms with E-state index in [4.69, 9.17) is 10.2 Å². The summed E-state index contributed by atoms with van der Waals surface area (Å²) in [5, 5.41) is 17.4. The fraction of sp³-hybridized carbons (Fsp3) is 0.750. The Hall–Kier alpha value is -0.340. The summed E-state index contributed by atoms with van der Waals surface area (Å²) in [4.78, 5) is 0. The van der Waals surface area contributed by atoms with Gasteiger partial charge in [-0.3, -0.25) is 0 Å². The first kappa shape index (κ1) is 7.76. The average molecular weight is 142 g/mol. The van der Waals surface area contributed by atoms with Crippen LogP contribution in [0, 0.1) is 5.92 Å². The van der Waals surface area contributed by atoms with E-state index in [1.165, 1.54) is 0 Å². The summed E-state index contributed by atoms with van der Waals surface area (Å²) in [7, 11) is 0. The van der Waals surface area contributed by atoms with Crippen molar-refractivity contribution in [2.45, 2.75) is 19.3 Å². The third kappa shape index (κ3) is 1.58. The maximum Gasteiger partial charge on any atom is 0.0644 e. The number of allylic oxidation sites excluding steroid dienone is 1. The molecule has 58 valence electrons. The quantitative estimate of drug-likeness (QED) is 0.569. The Kier molecular flexibility index (Phi) is 2.90. The van der Waals surface area contributed by atoms with E-state index in [9.17, 15) is 0 Å². The lowest BCUT2D eigenvalue weighted by molar-refractivity contribution is 0.254. The second kappa shape index (κ2) is 3.74. The minimum Gasteiger partial charge on any atom is -0.396 e. The Balaban J connectivity index is 2.38. The van der Waals surface area contributed by atoms with Gasteiger partial charge in [-0.25, -0.2) is 0 Å². The van der Waals surface area contributed by atoms with Gasteiger partial charge >= 0.3 is 0 Å². The van der Waals surface area contributed by atoms with Crippen molar-refractivity contribution < 1.29 is 10.2 Å². The molecule has 0 bridgehead atoms. The monoisotopic (exact) mass is 142 g/mol. The molecule has 0 amide bonds. The number of hydrogen-bond donors (Lipinski definition) is 2. The predicted molar refractivity (Wildman–Crippen MR) is 39.6 cm³/mol. The molecule has 1 rings (SSSR count). The van der Waals surface area contributed by atoms with Crippen LogP contribution in [0.4, 0.5) is 0 Å². The molecule has 0 spiro atoms. The molecule has 1 aliphatic rings. The molecule has 0 heterocycles. The van der Waals surface area contributed by atoms with E-state index in [1.54, 1.807) is 0 Å². The number of hydrogen-bond acceptors (Lipinski definition) is 2. The van der Waals surface area contributed by atoms with E-state index in [0.29, 0.717) is 5.92 Å². The van der Waals surface area contributed by atoms with Crippen molar-refractivity contribution in [3.8, 4) is 0 Å².